The van der Waals surface area contributed by atoms with Crippen molar-refractivity contribution in [2.75, 3.05) is 10.5 Å². The summed E-state index contributed by atoms with van der Waals surface area (Å²) in [5.74, 6) is 2.01. The molecule has 0 aromatic heterocycles. The van der Waals surface area contributed by atoms with Gasteiger partial charge in [-0.05, 0) is 109 Å². The lowest BCUT2D eigenvalue weighted by molar-refractivity contribution is -0.385. The first kappa shape index (κ1) is 44.4. The zero-order valence-corrected chi connectivity index (χ0v) is 33.9. The summed E-state index contributed by atoms with van der Waals surface area (Å²) in [6, 6.07) is 32.7. The van der Waals surface area contributed by atoms with E-state index < -0.39 is 28.9 Å². The van der Waals surface area contributed by atoms with Gasteiger partial charge in [-0.2, -0.15) is 0 Å². The standard InChI is InChI=1S/C18H12Cl2N2O5S.C12H10N2O3.C6H3Cl3O2S/c19-12-1-10-17(20)18(11-12)28(25,26)21-13-2-6-15(7-3-13)27-16-8-4-14(5-9-16)22(23)24;13-9-1-5-11(6-2-9)17-12-7-3-10(4-8-12)14(15)16;7-4-1-2-5(8)6(3-4)12(9,10)11/h1-11,21H;1-8H,13H2;1-3H. The van der Waals surface area contributed by atoms with Crippen LogP contribution in [-0.4, -0.2) is 26.7 Å². The largest absolute Gasteiger partial charge is 0.457 e. The number of nitrogens with one attached hydrogen (secondary N) is 1. The topological polar surface area (TPSA) is 211 Å². The third-order valence-electron chi connectivity index (χ3n) is 6.89. The van der Waals surface area contributed by atoms with Gasteiger partial charge in [0, 0.05) is 56.4 Å². The van der Waals surface area contributed by atoms with Crippen LogP contribution in [0, 0.1) is 20.2 Å². The maximum Gasteiger partial charge on any atom is 0.269 e. The number of benzene rings is 6. The molecule has 0 bridgehead atoms. The number of nitrogens with zero attached hydrogens (tertiary/aromatic N) is 2. The summed E-state index contributed by atoms with van der Waals surface area (Å²) in [7, 11) is -2.66. The summed E-state index contributed by atoms with van der Waals surface area (Å²) in [5, 5.41) is 21.8. The minimum Gasteiger partial charge on any atom is -0.457 e. The second kappa shape index (κ2) is 19.7. The summed E-state index contributed by atoms with van der Waals surface area (Å²) >= 11 is 22.9. The van der Waals surface area contributed by atoms with Crippen LogP contribution < -0.4 is 19.9 Å². The number of anilines is 2. The number of nitro benzene ring substituents is 2. The van der Waals surface area contributed by atoms with Crippen LogP contribution in [0.3, 0.4) is 0 Å². The molecule has 57 heavy (non-hydrogen) atoms. The van der Waals surface area contributed by atoms with Crippen LogP contribution in [0.15, 0.2) is 143 Å². The highest BCUT2D eigenvalue weighted by atomic mass is 35.7. The summed E-state index contributed by atoms with van der Waals surface area (Å²) in [6.45, 7) is 0. The lowest BCUT2D eigenvalue weighted by atomic mass is 10.3. The Labute approximate surface area is 350 Å². The molecular formula is C36H25Cl5N4O10S2. The van der Waals surface area contributed by atoms with E-state index in [4.69, 9.17) is 72.3 Å². The Morgan fingerprint density at radius 3 is 1.25 bits per heavy atom. The van der Waals surface area contributed by atoms with Gasteiger partial charge in [0.2, 0.25) is 0 Å². The van der Waals surface area contributed by atoms with Crippen LogP contribution in [0.2, 0.25) is 20.1 Å². The normalized spacial score (nSPS) is 10.8. The second-order valence-electron chi connectivity index (χ2n) is 11.0. The van der Waals surface area contributed by atoms with Crippen molar-refractivity contribution < 1.29 is 36.2 Å². The fraction of sp³-hybridized carbons (Fsp3) is 0. The van der Waals surface area contributed by atoms with Crippen molar-refractivity contribution in [3.05, 3.63) is 174 Å². The predicted octanol–water partition coefficient (Wildman–Crippen LogP) is 11.4. The molecule has 0 fully saturated rings. The van der Waals surface area contributed by atoms with Crippen molar-refractivity contribution in [3.8, 4) is 23.0 Å². The van der Waals surface area contributed by atoms with Gasteiger partial charge in [-0.25, -0.2) is 16.8 Å². The SMILES string of the molecule is Nc1ccc(Oc2ccc([N+](=O)[O-])cc2)cc1.O=S(=O)(Cl)c1cc(Cl)ccc1Cl.O=[N+]([O-])c1ccc(Oc2ccc(NS(=O)(=O)c3cc(Cl)ccc3Cl)cc2)cc1. The average Bonchev–Trinajstić information content (AvgIpc) is 3.16. The molecule has 0 saturated carbocycles. The molecule has 6 rings (SSSR count). The zero-order valence-electron chi connectivity index (χ0n) is 28.5. The second-order valence-corrected chi connectivity index (χ2v) is 16.9. The van der Waals surface area contributed by atoms with Crippen molar-refractivity contribution in [1.82, 2.24) is 0 Å². The van der Waals surface area contributed by atoms with Crippen LogP contribution in [0.1, 0.15) is 0 Å². The van der Waals surface area contributed by atoms with E-state index in [1.54, 1.807) is 48.5 Å². The maximum absolute atomic E-state index is 12.5. The third-order valence-corrected chi connectivity index (χ3v) is 11.0. The van der Waals surface area contributed by atoms with Crippen LogP contribution >= 0.6 is 57.1 Å². The lowest BCUT2D eigenvalue weighted by Crippen LogP contribution is -2.13. The predicted molar refractivity (Wildman–Crippen MR) is 220 cm³/mol. The molecule has 6 aromatic carbocycles. The molecule has 0 aliphatic rings. The van der Waals surface area contributed by atoms with E-state index in [-0.39, 0.29) is 41.3 Å². The fourth-order valence-corrected chi connectivity index (χ4v) is 7.78. The molecular weight excluding hydrogens is 890 g/mol. The number of sulfonamides is 1. The van der Waals surface area contributed by atoms with Gasteiger partial charge >= 0.3 is 0 Å². The lowest BCUT2D eigenvalue weighted by Gasteiger charge is -2.11. The van der Waals surface area contributed by atoms with Crippen molar-refractivity contribution in [3.63, 3.8) is 0 Å². The number of hydrogen-bond donors (Lipinski definition) is 2. The smallest absolute Gasteiger partial charge is 0.269 e. The quantitative estimate of drug-likeness (QED) is 0.0571. The number of nitrogen functional groups attached to an aromatic ring is 1. The Balaban J connectivity index is 0.000000210. The molecule has 6 aromatic rings. The number of ether oxygens (including phenoxy) is 2. The number of non-ortho nitro benzene ring substituents is 2. The van der Waals surface area contributed by atoms with Gasteiger partial charge in [0.15, 0.2) is 0 Å². The molecule has 0 atom stereocenters. The molecule has 0 aliphatic heterocycles. The van der Waals surface area contributed by atoms with Crippen LogP contribution in [0.4, 0.5) is 22.7 Å². The highest BCUT2D eigenvalue weighted by Crippen LogP contribution is 2.30. The van der Waals surface area contributed by atoms with Crippen LogP contribution in [0.25, 0.3) is 0 Å². The minimum absolute atomic E-state index is 0.0367. The monoisotopic (exact) mass is 912 g/mol. The molecule has 0 unspecified atom stereocenters. The van der Waals surface area contributed by atoms with Crippen molar-refractivity contribution in [1.29, 1.82) is 0 Å². The first-order valence-electron chi connectivity index (χ1n) is 15.5. The Morgan fingerprint density at radius 2 is 0.877 bits per heavy atom. The van der Waals surface area contributed by atoms with E-state index in [1.165, 1.54) is 84.9 Å². The van der Waals surface area contributed by atoms with E-state index in [9.17, 15) is 37.1 Å². The van der Waals surface area contributed by atoms with Gasteiger partial charge in [-0.15, -0.1) is 0 Å². The molecule has 3 N–H and O–H groups in total. The molecule has 0 heterocycles. The maximum atomic E-state index is 12.5. The van der Waals surface area contributed by atoms with E-state index in [1.807, 2.05) is 0 Å². The molecule has 0 spiro atoms. The molecule has 0 saturated heterocycles. The summed E-state index contributed by atoms with van der Waals surface area (Å²) in [6.07, 6.45) is 0. The van der Waals surface area contributed by atoms with Gasteiger partial charge in [-0.1, -0.05) is 46.4 Å². The number of halogens is 5. The fourth-order valence-electron chi connectivity index (χ4n) is 4.23. The van der Waals surface area contributed by atoms with Crippen LogP contribution in [0.5, 0.6) is 23.0 Å². The summed E-state index contributed by atoms with van der Waals surface area (Å²) in [5.41, 5.74) is 6.49. The highest BCUT2D eigenvalue weighted by molar-refractivity contribution is 8.13. The molecule has 14 nitrogen and oxygen atoms in total. The number of hydrogen-bond acceptors (Lipinski definition) is 11. The Kier molecular flexibility index (Phi) is 15.3. The average molecular weight is 915 g/mol. The van der Waals surface area contributed by atoms with Crippen molar-refractivity contribution in [2.24, 2.45) is 0 Å². The van der Waals surface area contributed by atoms with E-state index in [0.29, 0.717) is 34.4 Å². The number of nitrogens with two attached hydrogens (primary N) is 1. The van der Waals surface area contributed by atoms with E-state index >= 15 is 0 Å². The molecule has 21 heteroatoms. The van der Waals surface area contributed by atoms with Gasteiger partial charge < -0.3 is 15.2 Å². The van der Waals surface area contributed by atoms with Gasteiger partial charge in [0.1, 0.15) is 32.8 Å². The van der Waals surface area contributed by atoms with Gasteiger partial charge in [0.05, 0.1) is 19.9 Å². The summed E-state index contributed by atoms with van der Waals surface area (Å²) < 4.78 is 60.1. The number of nitro groups is 2. The first-order valence-corrected chi connectivity index (χ1v) is 20.8. The first-order chi connectivity index (χ1) is 26.8. The molecule has 296 valence electrons. The Morgan fingerprint density at radius 1 is 0.526 bits per heavy atom. The van der Waals surface area contributed by atoms with Crippen molar-refractivity contribution in [2.45, 2.75) is 9.79 Å². The minimum atomic E-state index is -3.92. The van der Waals surface area contributed by atoms with Crippen LogP contribution in [-0.2, 0) is 19.1 Å². The molecule has 0 radical (unpaired) electrons. The zero-order chi connectivity index (χ0) is 41.9. The van der Waals surface area contributed by atoms with E-state index in [0.717, 1.165) is 0 Å². The highest BCUT2D eigenvalue weighted by Gasteiger charge is 2.19. The molecule has 0 amide bonds. The molecule has 0 aliphatic carbocycles. The number of rotatable bonds is 10. The Hall–Kier alpha value is -5.33. The van der Waals surface area contributed by atoms with Crippen molar-refractivity contribution >= 4 is 98.9 Å². The Bertz CT molecular complexity index is 2590. The van der Waals surface area contributed by atoms with E-state index in [2.05, 4.69) is 4.72 Å². The summed E-state index contributed by atoms with van der Waals surface area (Å²) in [4.78, 5) is 19.9. The van der Waals surface area contributed by atoms with Gasteiger partial charge in [0.25, 0.3) is 30.4 Å². The van der Waals surface area contributed by atoms with Gasteiger partial charge in [-0.3, -0.25) is 25.0 Å². The third kappa shape index (κ3) is 13.7.